The third-order valence-corrected chi connectivity index (χ3v) is 3.11. The molecule has 0 N–H and O–H groups in total. The van der Waals surface area contributed by atoms with Crippen molar-refractivity contribution in [2.75, 3.05) is 13.2 Å². The zero-order valence-corrected chi connectivity index (χ0v) is 9.45. The average molecular weight is 234 g/mol. The lowest BCUT2D eigenvalue weighted by molar-refractivity contribution is 0.0464. The van der Waals surface area contributed by atoms with E-state index in [0.717, 1.165) is 26.1 Å². The van der Waals surface area contributed by atoms with Crippen LogP contribution in [0.15, 0.2) is 23.4 Å². The molecule has 0 aliphatic carbocycles. The van der Waals surface area contributed by atoms with Crippen LogP contribution in [0.3, 0.4) is 0 Å². The van der Waals surface area contributed by atoms with Gasteiger partial charge >= 0.3 is 0 Å². The summed E-state index contributed by atoms with van der Waals surface area (Å²) in [6.45, 7) is 2.18. The van der Waals surface area contributed by atoms with Gasteiger partial charge in [0.1, 0.15) is 11.8 Å². The van der Waals surface area contributed by atoms with E-state index in [2.05, 4.69) is 10.2 Å². The molecule has 90 valence electrons. The molecule has 1 atom stereocenters. The minimum absolute atomic E-state index is 0.0874. The molecule has 0 bridgehead atoms. The van der Waals surface area contributed by atoms with Crippen LogP contribution in [0.2, 0.25) is 0 Å². The summed E-state index contributed by atoms with van der Waals surface area (Å²) in [5.74, 6) is 0.388. The van der Waals surface area contributed by atoms with Gasteiger partial charge in [-0.25, -0.2) is 9.20 Å². The molecule has 0 amide bonds. The Labute approximate surface area is 97.8 Å². The molecule has 3 rings (SSSR count). The van der Waals surface area contributed by atoms with E-state index in [0.29, 0.717) is 18.0 Å². The Balaban J connectivity index is 1.89. The molecular formula is C11H14N4O2. The number of aromatic nitrogens is 4. The maximum atomic E-state index is 12.1. The first-order chi connectivity index (χ1) is 8.34. The minimum atomic E-state index is -0.0874. The van der Waals surface area contributed by atoms with Gasteiger partial charge in [0.2, 0.25) is 0 Å². The van der Waals surface area contributed by atoms with Crippen LogP contribution in [0.4, 0.5) is 0 Å². The summed E-state index contributed by atoms with van der Waals surface area (Å²) in [4.78, 5) is 12.1. The second-order valence-electron chi connectivity index (χ2n) is 4.36. The van der Waals surface area contributed by atoms with Gasteiger partial charge in [-0.05, 0) is 18.9 Å². The van der Waals surface area contributed by atoms with E-state index in [-0.39, 0.29) is 5.56 Å². The average Bonchev–Trinajstić information content (AvgIpc) is 2.83. The summed E-state index contributed by atoms with van der Waals surface area (Å²) in [5, 5.41) is 8.11. The highest BCUT2D eigenvalue weighted by molar-refractivity contribution is 5.41. The summed E-state index contributed by atoms with van der Waals surface area (Å²) in [5.41, 5.74) is 0.479. The molecule has 0 spiro atoms. The normalized spacial score (nSPS) is 20.8. The number of ether oxygens (including phenoxy) is 1. The van der Waals surface area contributed by atoms with Gasteiger partial charge < -0.3 is 4.74 Å². The Kier molecular flexibility index (Phi) is 2.64. The second-order valence-corrected chi connectivity index (χ2v) is 4.36. The fourth-order valence-corrected chi connectivity index (χ4v) is 2.20. The third-order valence-electron chi connectivity index (χ3n) is 3.11. The quantitative estimate of drug-likeness (QED) is 0.750. The molecule has 0 aromatic carbocycles. The lowest BCUT2D eigenvalue weighted by atomic mass is 10.0. The van der Waals surface area contributed by atoms with Gasteiger partial charge in [0.25, 0.3) is 5.56 Å². The van der Waals surface area contributed by atoms with Gasteiger partial charge in [0.15, 0.2) is 0 Å². The van der Waals surface area contributed by atoms with Crippen molar-refractivity contribution in [2.24, 2.45) is 5.92 Å². The van der Waals surface area contributed by atoms with Crippen LogP contribution >= 0.6 is 0 Å². The van der Waals surface area contributed by atoms with Crippen molar-refractivity contribution in [1.29, 1.82) is 0 Å². The van der Waals surface area contributed by atoms with Gasteiger partial charge in [0.05, 0.1) is 19.3 Å². The van der Waals surface area contributed by atoms with Gasteiger partial charge in [-0.1, -0.05) is 0 Å². The number of nitrogens with zero attached hydrogens (tertiary/aromatic N) is 4. The molecule has 1 fully saturated rings. The predicted octanol–water partition coefficient (Wildman–Crippen LogP) is 0.318. The summed E-state index contributed by atoms with van der Waals surface area (Å²) >= 11 is 0. The maximum Gasteiger partial charge on any atom is 0.292 e. The number of fused-ring (bicyclic) bond motifs is 1. The van der Waals surface area contributed by atoms with Crippen LogP contribution in [0.5, 0.6) is 0 Å². The van der Waals surface area contributed by atoms with Gasteiger partial charge in [-0.3, -0.25) is 4.79 Å². The van der Waals surface area contributed by atoms with E-state index in [1.54, 1.807) is 18.6 Å². The molecule has 1 aliphatic heterocycles. The Morgan fingerprint density at radius 1 is 1.47 bits per heavy atom. The summed E-state index contributed by atoms with van der Waals surface area (Å²) < 4.78 is 8.41. The summed E-state index contributed by atoms with van der Waals surface area (Å²) in [6.07, 6.45) is 5.33. The fraction of sp³-hybridized carbons (Fsp3) is 0.545. The van der Waals surface area contributed by atoms with Gasteiger partial charge in [-0.2, -0.15) is 10.2 Å². The topological polar surface area (TPSA) is 61.4 Å². The van der Waals surface area contributed by atoms with Crippen LogP contribution in [-0.4, -0.2) is 32.6 Å². The molecule has 2 aromatic rings. The van der Waals surface area contributed by atoms with Crippen molar-refractivity contribution in [1.82, 2.24) is 19.4 Å². The van der Waals surface area contributed by atoms with Crippen molar-refractivity contribution in [2.45, 2.75) is 19.4 Å². The van der Waals surface area contributed by atoms with E-state index in [4.69, 9.17) is 4.74 Å². The largest absolute Gasteiger partial charge is 0.381 e. The number of hydrogen-bond acceptors (Lipinski definition) is 4. The number of rotatable bonds is 2. The van der Waals surface area contributed by atoms with Crippen molar-refractivity contribution in [3.8, 4) is 0 Å². The van der Waals surface area contributed by atoms with Gasteiger partial charge in [0, 0.05) is 12.5 Å². The highest BCUT2D eigenvalue weighted by Crippen LogP contribution is 2.14. The molecule has 3 heterocycles. The molecule has 6 nitrogen and oxygen atoms in total. The Bertz CT molecular complexity index is 568. The molecule has 1 saturated heterocycles. The smallest absolute Gasteiger partial charge is 0.292 e. The lowest BCUT2D eigenvalue weighted by Gasteiger charge is -2.21. The zero-order chi connectivity index (χ0) is 11.7. The molecule has 1 aliphatic rings. The first kappa shape index (κ1) is 10.5. The number of hydrogen-bond donors (Lipinski definition) is 0. The van der Waals surface area contributed by atoms with Crippen molar-refractivity contribution in [3.05, 3.63) is 28.9 Å². The highest BCUT2D eigenvalue weighted by atomic mass is 16.5. The fourth-order valence-electron chi connectivity index (χ4n) is 2.20. The van der Waals surface area contributed by atoms with E-state index < -0.39 is 0 Å². The highest BCUT2D eigenvalue weighted by Gasteiger charge is 2.16. The maximum absolute atomic E-state index is 12.1. The lowest BCUT2D eigenvalue weighted by Crippen LogP contribution is -2.31. The molecule has 17 heavy (non-hydrogen) atoms. The Hall–Kier alpha value is -1.69. The van der Waals surface area contributed by atoms with E-state index in [1.807, 2.05) is 0 Å². The Morgan fingerprint density at radius 3 is 3.24 bits per heavy atom. The molecule has 0 saturated carbocycles. The predicted molar refractivity (Wildman–Crippen MR) is 60.8 cm³/mol. The van der Waals surface area contributed by atoms with Crippen LogP contribution in [0.25, 0.3) is 5.52 Å². The molecule has 1 unspecified atom stereocenters. The minimum Gasteiger partial charge on any atom is -0.381 e. The van der Waals surface area contributed by atoms with E-state index in [9.17, 15) is 4.79 Å². The van der Waals surface area contributed by atoms with Crippen molar-refractivity contribution >= 4 is 5.52 Å². The van der Waals surface area contributed by atoms with Crippen molar-refractivity contribution < 1.29 is 4.74 Å². The monoisotopic (exact) mass is 234 g/mol. The van der Waals surface area contributed by atoms with Crippen LogP contribution in [-0.2, 0) is 11.3 Å². The zero-order valence-electron chi connectivity index (χ0n) is 9.45. The SMILES string of the molecule is O=c1c2ccnn2cnn1CC1CCCOC1. The van der Waals surface area contributed by atoms with Crippen LogP contribution in [0.1, 0.15) is 12.8 Å². The van der Waals surface area contributed by atoms with E-state index in [1.165, 1.54) is 9.20 Å². The van der Waals surface area contributed by atoms with Gasteiger partial charge in [-0.15, -0.1) is 0 Å². The summed E-state index contributed by atoms with van der Waals surface area (Å²) in [6, 6.07) is 1.71. The molecule has 0 radical (unpaired) electrons. The first-order valence-electron chi connectivity index (χ1n) is 5.82. The third kappa shape index (κ3) is 1.95. The first-order valence-corrected chi connectivity index (χ1v) is 5.82. The van der Waals surface area contributed by atoms with Crippen LogP contribution in [0, 0.1) is 5.92 Å². The second kappa shape index (κ2) is 4.29. The van der Waals surface area contributed by atoms with Crippen LogP contribution < -0.4 is 5.56 Å². The van der Waals surface area contributed by atoms with Crippen molar-refractivity contribution in [3.63, 3.8) is 0 Å². The summed E-state index contributed by atoms with van der Waals surface area (Å²) in [7, 11) is 0. The molecular weight excluding hydrogens is 220 g/mol. The standard InChI is InChI=1S/C11H14N4O2/c16-11-10-3-4-12-15(10)8-13-14(11)6-9-2-1-5-17-7-9/h3-4,8-9H,1-2,5-7H2. The van der Waals surface area contributed by atoms with E-state index >= 15 is 0 Å². The molecule has 6 heteroatoms. The Morgan fingerprint density at radius 2 is 2.41 bits per heavy atom. The molecule has 2 aromatic heterocycles.